The fraction of sp³-hybridized carbons (Fsp3) is 0.720. The molecule has 0 aliphatic heterocycles. The summed E-state index contributed by atoms with van der Waals surface area (Å²) in [6.07, 6.45) is 27.1. The van der Waals surface area contributed by atoms with E-state index in [0.29, 0.717) is 13.2 Å². The van der Waals surface area contributed by atoms with Gasteiger partial charge < -0.3 is 39.5 Å². The quantitative estimate of drug-likeness (QED) is 0.0501. The number of ether oxygens (including phenoxy) is 2. The van der Waals surface area contributed by atoms with Gasteiger partial charge in [-0.2, -0.15) is 0 Å². The Morgan fingerprint density at radius 2 is 0.746 bits per heavy atom. The first-order valence-corrected chi connectivity index (χ1v) is 23.3. The zero-order valence-corrected chi connectivity index (χ0v) is 41.8. The average Bonchev–Trinajstić information content (AvgIpc) is 3.22. The van der Waals surface area contributed by atoms with Gasteiger partial charge in [0.1, 0.15) is 0 Å². The smallest absolute Gasteiger partial charge is 0.550 e. The fourth-order valence-corrected chi connectivity index (χ4v) is 7.23. The van der Waals surface area contributed by atoms with Crippen molar-refractivity contribution in [2.45, 2.75) is 231 Å². The SMILES string of the molecule is CCCCC(OCc1ccccc1)C(O)CCCCCCCCCCCC(=O)[O-].CCCCC(OCc1ccccc1)C(O)CCCCCCCCCCCC(=O)[O-].[Ba+2]. The van der Waals surface area contributed by atoms with Gasteiger partial charge >= 0.3 is 48.9 Å². The van der Waals surface area contributed by atoms with Gasteiger partial charge in [-0.05, 0) is 62.5 Å². The first kappa shape index (κ1) is 57.8. The van der Waals surface area contributed by atoms with Crippen LogP contribution in [0.2, 0.25) is 0 Å². The summed E-state index contributed by atoms with van der Waals surface area (Å²) < 4.78 is 12.1. The van der Waals surface area contributed by atoms with Crippen LogP contribution in [0.1, 0.15) is 205 Å². The predicted octanol–water partition coefficient (Wildman–Crippen LogP) is 9.95. The topological polar surface area (TPSA) is 139 Å². The largest absolute Gasteiger partial charge is 2.00 e. The van der Waals surface area contributed by atoms with Crippen LogP contribution in [0.15, 0.2) is 60.7 Å². The van der Waals surface area contributed by atoms with Gasteiger partial charge in [0, 0.05) is 11.9 Å². The molecule has 0 spiro atoms. The number of carboxylic acid groups (broad SMARTS) is 2. The summed E-state index contributed by atoms with van der Waals surface area (Å²) in [4.78, 5) is 20.7. The van der Waals surface area contributed by atoms with E-state index in [1.807, 2.05) is 36.4 Å². The molecule has 8 nitrogen and oxygen atoms in total. The maximum absolute atomic E-state index is 10.6. The summed E-state index contributed by atoms with van der Waals surface area (Å²) in [6, 6.07) is 20.3. The molecule has 0 heterocycles. The van der Waals surface area contributed by atoms with E-state index in [9.17, 15) is 30.0 Å². The van der Waals surface area contributed by atoms with Crippen LogP contribution in [0.3, 0.4) is 0 Å². The van der Waals surface area contributed by atoms with Crippen molar-refractivity contribution < 1.29 is 39.5 Å². The molecule has 2 aromatic rings. The molecule has 0 radical (unpaired) electrons. The van der Waals surface area contributed by atoms with E-state index >= 15 is 0 Å². The molecule has 0 amide bonds. The molecular weight excluding hydrogens is 866 g/mol. The average molecular weight is 949 g/mol. The molecule has 4 unspecified atom stereocenters. The van der Waals surface area contributed by atoms with Crippen LogP contribution in [-0.2, 0) is 32.3 Å². The number of hydrogen-bond donors (Lipinski definition) is 2. The number of aliphatic carboxylic acids is 2. The molecule has 2 rings (SSSR count). The summed E-state index contributed by atoms with van der Waals surface area (Å²) in [5.41, 5.74) is 2.31. The predicted molar refractivity (Wildman–Crippen MR) is 238 cm³/mol. The Morgan fingerprint density at radius 3 is 1.03 bits per heavy atom. The van der Waals surface area contributed by atoms with Crippen LogP contribution in [-0.4, -0.2) is 95.4 Å². The van der Waals surface area contributed by atoms with Gasteiger partial charge in [-0.3, -0.25) is 0 Å². The maximum Gasteiger partial charge on any atom is 2.00 e. The van der Waals surface area contributed by atoms with Gasteiger partial charge in [-0.25, -0.2) is 0 Å². The summed E-state index contributed by atoms with van der Waals surface area (Å²) in [6.45, 7) is 5.47. The van der Waals surface area contributed by atoms with Crippen LogP contribution in [0.4, 0.5) is 0 Å². The molecule has 0 saturated heterocycles. The fourth-order valence-electron chi connectivity index (χ4n) is 7.23. The van der Waals surface area contributed by atoms with Crippen LogP contribution in [0.25, 0.3) is 0 Å². The molecule has 2 aromatic carbocycles. The Morgan fingerprint density at radius 1 is 0.458 bits per heavy atom. The molecule has 0 fully saturated rings. The van der Waals surface area contributed by atoms with Crippen molar-refractivity contribution >= 4 is 60.8 Å². The first-order valence-electron chi connectivity index (χ1n) is 23.3. The number of rotatable bonds is 38. The molecule has 0 bridgehead atoms. The number of aliphatic hydroxyl groups is 2. The van der Waals surface area contributed by atoms with Gasteiger partial charge in [-0.1, -0.05) is 203 Å². The second kappa shape index (κ2) is 42.1. The van der Waals surface area contributed by atoms with E-state index in [0.717, 1.165) is 127 Å². The minimum absolute atomic E-state index is 0. The van der Waals surface area contributed by atoms with Crippen LogP contribution < -0.4 is 10.2 Å². The zero-order chi connectivity index (χ0) is 42.3. The molecule has 0 aromatic heterocycles. The molecule has 2 N–H and O–H groups in total. The number of benzene rings is 2. The molecule has 332 valence electrons. The summed E-state index contributed by atoms with van der Waals surface area (Å²) in [5, 5.41) is 41.9. The Balaban J connectivity index is 0.00000112. The first-order chi connectivity index (χ1) is 28.3. The molecule has 4 atom stereocenters. The molecule has 0 aliphatic carbocycles. The maximum atomic E-state index is 10.6. The molecule has 9 heteroatoms. The van der Waals surface area contributed by atoms with E-state index in [1.54, 1.807) is 0 Å². The minimum atomic E-state index is -0.936. The second-order valence-electron chi connectivity index (χ2n) is 16.3. The van der Waals surface area contributed by atoms with Gasteiger partial charge in [0.2, 0.25) is 0 Å². The van der Waals surface area contributed by atoms with Crippen LogP contribution >= 0.6 is 0 Å². The zero-order valence-electron chi connectivity index (χ0n) is 37.3. The monoisotopic (exact) mass is 949 g/mol. The number of carbonyl (C=O) groups excluding carboxylic acids is 2. The summed E-state index contributed by atoms with van der Waals surface area (Å²) >= 11 is 0. The third-order valence-electron chi connectivity index (χ3n) is 10.9. The van der Waals surface area contributed by atoms with Crippen molar-refractivity contribution in [2.24, 2.45) is 0 Å². The van der Waals surface area contributed by atoms with E-state index < -0.39 is 11.9 Å². The number of unbranched alkanes of at least 4 members (excludes halogenated alkanes) is 18. The van der Waals surface area contributed by atoms with Crippen molar-refractivity contribution in [2.75, 3.05) is 0 Å². The number of hydrogen-bond acceptors (Lipinski definition) is 8. The van der Waals surface area contributed by atoms with E-state index in [2.05, 4.69) is 38.1 Å². The molecule has 0 saturated carbocycles. The van der Waals surface area contributed by atoms with Crippen LogP contribution in [0, 0.1) is 0 Å². The van der Waals surface area contributed by atoms with Crippen molar-refractivity contribution in [3.63, 3.8) is 0 Å². The summed E-state index contributed by atoms with van der Waals surface area (Å²) in [7, 11) is 0. The van der Waals surface area contributed by atoms with E-state index in [-0.39, 0.29) is 86.1 Å². The second-order valence-corrected chi connectivity index (χ2v) is 16.3. The van der Waals surface area contributed by atoms with E-state index in [1.165, 1.54) is 51.4 Å². The van der Waals surface area contributed by atoms with Gasteiger partial charge in [0.15, 0.2) is 0 Å². The third-order valence-corrected chi connectivity index (χ3v) is 10.9. The van der Waals surface area contributed by atoms with Gasteiger partial charge in [-0.15, -0.1) is 0 Å². The van der Waals surface area contributed by atoms with E-state index in [4.69, 9.17) is 9.47 Å². The number of carboxylic acids is 2. The third kappa shape index (κ3) is 36.0. The normalized spacial score (nSPS) is 13.1. The molecular formula is C50H82BaO8. The number of carbonyl (C=O) groups is 2. The van der Waals surface area contributed by atoms with Gasteiger partial charge in [0.05, 0.1) is 37.6 Å². The minimum Gasteiger partial charge on any atom is -0.550 e. The Hall–Kier alpha value is -1.21. The van der Waals surface area contributed by atoms with Crippen molar-refractivity contribution in [3.8, 4) is 0 Å². The van der Waals surface area contributed by atoms with Crippen molar-refractivity contribution in [1.82, 2.24) is 0 Å². The van der Waals surface area contributed by atoms with Crippen molar-refractivity contribution in [1.29, 1.82) is 0 Å². The Labute approximate surface area is 400 Å². The Kier molecular flexibility index (Phi) is 41.2. The Bertz CT molecular complexity index is 1110. The number of aliphatic hydroxyl groups excluding tert-OH is 2. The van der Waals surface area contributed by atoms with Crippen LogP contribution in [0.5, 0.6) is 0 Å². The standard InChI is InChI=1S/2C25H42O4.Ba/c2*1-2-3-19-24(29-21-22-16-12-11-13-17-22)23(26)18-14-9-7-5-4-6-8-10-15-20-25(27)28;/h2*11-13,16-17,23-24,26H,2-10,14-15,18-21H2,1H3,(H,27,28);/q;;+2/p-2. The summed E-state index contributed by atoms with van der Waals surface area (Å²) in [5.74, 6) is -1.87. The van der Waals surface area contributed by atoms with Gasteiger partial charge in [0.25, 0.3) is 0 Å². The molecule has 59 heavy (non-hydrogen) atoms. The molecule has 0 aliphatic rings. The van der Waals surface area contributed by atoms with Crippen molar-refractivity contribution in [3.05, 3.63) is 71.8 Å².